The van der Waals surface area contributed by atoms with Gasteiger partial charge in [-0.05, 0) is 12.8 Å². The molecular formula is C8H19NO2. The third-order valence-corrected chi connectivity index (χ3v) is 1.46. The number of hydrogen-bond acceptors (Lipinski definition) is 3. The molecule has 0 heterocycles. The van der Waals surface area contributed by atoms with E-state index in [1.165, 1.54) is 12.8 Å². The molecule has 0 aromatic heterocycles. The first-order chi connectivity index (χ1) is 5.31. The second-order valence-electron chi connectivity index (χ2n) is 2.60. The summed E-state index contributed by atoms with van der Waals surface area (Å²) in [6.45, 7) is 4.73. The van der Waals surface area contributed by atoms with Gasteiger partial charge in [-0.1, -0.05) is 26.7 Å². The Morgan fingerprint density at radius 2 is 2.09 bits per heavy atom. The normalized spacial score (nSPS) is 13.4. The first-order valence-electron chi connectivity index (χ1n) is 4.36. The first kappa shape index (κ1) is 10.9. The number of aliphatic hydroxyl groups excluding tert-OH is 1. The highest BCUT2D eigenvalue weighted by Crippen LogP contribution is 1.93. The van der Waals surface area contributed by atoms with Gasteiger partial charge in [0.25, 0.3) is 0 Å². The molecule has 1 unspecified atom stereocenters. The van der Waals surface area contributed by atoms with Crippen LogP contribution >= 0.6 is 0 Å². The van der Waals surface area contributed by atoms with Gasteiger partial charge in [-0.25, -0.2) is 0 Å². The smallest absolute Gasteiger partial charge is 0.126 e. The van der Waals surface area contributed by atoms with Gasteiger partial charge in [0, 0.05) is 0 Å². The molecule has 0 rings (SSSR count). The van der Waals surface area contributed by atoms with Crippen molar-refractivity contribution in [1.29, 1.82) is 0 Å². The Morgan fingerprint density at radius 3 is 2.64 bits per heavy atom. The molecule has 0 bridgehead atoms. The van der Waals surface area contributed by atoms with Crippen molar-refractivity contribution in [2.24, 2.45) is 0 Å². The fourth-order valence-electron chi connectivity index (χ4n) is 0.663. The van der Waals surface area contributed by atoms with Crippen molar-refractivity contribution in [3.05, 3.63) is 0 Å². The Bertz CT molecular complexity index is 78.5. The lowest BCUT2D eigenvalue weighted by atomic mass is 10.3. The molecule has 0 fully saturated rings. The quantitative estimate of drug-likeness (QED) is 0.337. The highest BCUT2D eigenvalue weighted by molar-refractivity contribution is 4.39. The van der Waals surface area contributed by atoms with Crippen molar-refractivity contribution in [2.45, 2.75) is 45.8 Å². The van der Waals surface area contributed by atoms with Crippen molar-refractivity contribution in [2.75, 3.05) is 6.61 Å². The monoisotopic (exact) mass is 161 g/mol. The summed E-state index contributed by atoms with van der Waals surface area (Å²) in [6.07, 6.45) is 3.59. The van der Waals surface area contributed by atoms with Crippen LogP contribution in [0.4, 0.5) is 0 Å². The summed E-state index contributed by atoms with van der Waals surface area (Å²) in [5.41, 5.74) is 2.55. The van der Waals surface area contributed by atoms with Crippen LogP contribution in [0.25, 0.3) is 0 Å². The van der Waals surface area contributed by atoms with E-state index < -0.39 is 6.23 Å². The van der Waals surface area contributed by atoms with Crippen LogP contribution in [-0.4, -0.2) is 17.9 Å². The van der Waals surface area contributed by atoms with Crippen LogP contribution < -0.4 is 5.48 Å². The van der Waals surface area contributed by atoms with Crippen LogP contribution in [0.15, 0.2) is 0 Å². The molecule has 0 amide bonds. The molecule has 3 nitrogen and oxygen atoms in total. The fourth-order valence-corrected chi connectivity index (χ4v) is 0.663. The van der Waals surface area contributed by atoms with Gasteiger partial charge in [-0.3, -0.25) is 4.84 Å². The summed E-state index contributed by atoms with van der Waals surface area (Å²) >= 11 is 0. The Kier molecular flexibility index (Phi) is 7.89. The largest absolute Gasteiger partial charge is 0.377 e. The molecule has 0 saturated heterocycles. The zero-order valence-electron chi connectivity index (χ0n) is 7.47. The zero-order chi connectivity index (χ0) is 8.53. The van der Waals surface area contributed by atoms with Crippen LogP contribution in [0.3, 0.4) is 0 Å². The lowest BCUT2D eigenvalue weighted by Gasteiger charge is -2.09. The molecule has 0 aliphatic heterocycles. The van der Waals surface area contributed by atoms with Crippen LogP contribution in [0.1, 0.15) is 39.5 Å². The third kappa shape index (κ3) is 7.78. The number of nitrogens with one attached hydrogen (secondary N) is 1. The van der Waals surface area contributed by atoms with E-state index in [9.17, 15) is 0 Å². The fraction of sp³-hybridized carbons (Fsp3) is 1.00. The number of rotatable bonds is 7. The topological polar surface area (TPSA) is 41.5 Å². The highest BCUT2D eigenvalue weighted by Gasteiger charge is 1.96. The van der Waals surface area contributed by atoms with Crippen molar-refractivity contribution >= 4 is 0 Å². The predicted molar refractivity (Wildman–Crippen MR) is 44.9 cm³/mol. The maximum Gasteiger partial charge on any atom is 0.126 e. The average Bonchev–Trinajstić information content (AvgIpc) is 2.04. The summed E-state index contributed by atoms with van der Waals surface area (Å²) in [6, 6.07) is 0. The molecular weight excluding hydrogens is 142 g/mol. The van der Waals surface area contributed by atoms with Crippen LogP contribution in [-0.2, 0) is 4.84 Å². The summed E-state index contributed by atoms with van der Waals surface area (Å²) < 4.78 is 0. The number of hydroxylamine groups is 1. The van der Waals surface area contributed by atoms with Crippen molar-refractivity contribution < 1.29 is 9.94 Å². The van der Waals surface area contributed by atoms with Gasteiger partial charge in [-0.2, -0.15) is 5.48 Å². The van der Waals surface area contributed by atoms with Crippen molar-refractivity contribution in [3.63, 3.8) is 0 Å². The molecule has 1 atom stereocenters. The SMILES string of the molecule is CCCCCONC(O)CC. The average molecular weight is 161 g/mol. The van der Waals surface area contributed by atoms with E-state index in [0.717, 1.165) is 6.42 Å². The van der Waals surface area contributed by atoms with E-state index in [4.69, 9.17) is 9.94 Å². The molecule has 0 aromatic carbocycles. The summed E-state index contributed by atoms with van der Waals surface area (Å²) in [7, 11) is 0. The number of unbranched alkanes of at least 4 members (excludes halogenated alkanes) is 2. The van der Waals surface area contributed by atoms with E-state index in [-0.39, 0.29) is 0 Å². The molecule has 2 N–H and O–H groups in total. The van der Waals surface area contributed by atoms with Crippen molar-refractivity contribution in [3.8, 4) is 0 Å². The van der Waals surface area contributed by atoms with E-state index in [1.807, 2.05) is 6.92 Å². The molecule has 68 valence electrons. The highest BCUT2D eigenvalue weighted by atomic mass is 16.7. The minimum atomic E-state index is -0.517. The molecule has 0 spiro atoms. The van der Waals surface area contributed by atoms with E-state index in [0.29, 0.717) is 13.0 Å². The maximum absolute atomic E-state index is 8.98. The minimum absolute atomic E-state index is 0.517. The van der Waals surface area contributed by atoms with Gasteiger partial charge in [0.05, 0.1) is 6.61 Å². The van der Waals surface area contributed by atoms with E-state index in [1.54, 1.807) is 0 Å². The Balaban J connectivity index is 2.89. The Morgan fingerprint density at radius 1 is 1.36 bits per heavy atom. The Labute approximate surface area is 68.7 Å². The summed E-state index contributed by atoms with van der Waals surface area (Å²) in [4.78, 5) is 4.99. The van der Waals surface area contributed by atoms with E-state index in [2.05, 4.69) is 12.4 Å². The number of hydrogen-bond donors (Lipinski definition) is 2. The maximum atomic E-state index is 8.98. The van der Waals surface area contributed by atoms with Gasteiger partial charge in [-0.15, -0.1) is 0 Å². The Hall–Kier alpha value is -0.120. The minimum Gasteiger partial charge on any atom is -0.377 e. The number of aliphatic hydroxyl groups is 1. The third-order valence-electron chi connectivity index (χ3n) is 1.46. The second-order valence-corrected chi connectivity index (χ2v) is 2.60. The van der Waals surface area contributed by atoms with Gasteiger partial charge in [0.2, 0.25) is 0 Å². The predicted octanol–water partition coefficient (Wildman–Crippen LogP) is 1.43. The molecule has 0 aliphatic carbocycles. The summed E-state index contributed by atoms with van der Waals surface area (Å²) in [5.74, 6) is 0. The first-order valence-corrected chi connectivity index (χ1v) is 4.36. The molecule has 0 saturated carbocycles. The molecule has 0 aromatic rings. The standard InChI is InChI=1S/C8H19NO2/c1-3-5-6-7-11-9-8(10)4-2/h8-10H,3-7H2,1-2H3. The molecule has 0 radical (unpaired) electrons. The van der Waals surface area contributed by atoms with Crippen LogP contribution in [0.2, 0.25) is 0 Å². The summed E-state index contributed by atoms with van der Waals surface area (Å²) in [5, 5.41) is 8.98. The van der Waals surface area contributed by atoms with Gasteiger partial charge in [0.1, 0.15) is 6.23 Å². The lowest BCUT2D eigenvalue weighted by Crippen LogP contribution is -2.28. The van der Waals surface area contributed by atoms with Crippen LogP contribution in [0, 0.1) is 0 Å². The van der Waals surface area contributed by atoms with Gasteiger partial charge >= 0.3 is 0 Å². The van der Waals surface area contributed by atoms with E-state index >= 15 is 0 Å². The molecule has 3 heteroatoms. The van der Waals surface area contributed by atoms with Crippen LogP contribution in [0.5, 0.6) is 0 Å². The zero-order valence-corrected chi connectivity index (χ0v) is 7.47. The molecule has 11 heavy (non-hydrogen) atoms. The van der Waals surface area contributed by atoms with Crippen molar-refractivity contribution in [1.82, 2.24) is 5.48 Å². The second kappa shape index (κ2) is 7.98. The molecule has 0 aliphatic rings. The van der Waals surface area contributed by atoms with Gasteiger partial charge < -0.3 is 5.11 Å². The lowest BCUT2D eigenvalue weighted by molar-refractivity contribution is -0.0586. The van der Waals surface area contributed by atoms with Gasteiger partial charge in [0.15, 0.2) is 0 Å².